The van der Waals surface area contributed by atoms with Gasteiger partial charge in [-0.05, 0) is 31.0 Å². The van der Waals surface area contributed by atoms with Crippen molar-refractivity contribution in [2.45, 2.75) is 45.3 Å². The molecule has 178 valence electrons. The Morgan fingerprint density at radius 1 is 1.27 bits per heavy atom. The largest absolute Gasteiger partial charge is 0.495 e. The van der Waals surface area contributed by atoms with Gasteiger partial charge in [-0.2, -0.15) is 18.4 Å². The summed E-state index contributed by atoms with van der Waals surface area (Å²) in [6, 6.07) is 6.06. The number of halogens is 4. The number of aromatic nitrogens is 1. The van der Waals surface area contributed by atoms with Crippen LogP contribution < -0.4 is 10.3 Å². The molecule has 0 N–H and O–H groups in total. The SMILES string of the molecule is CCCCOC(=O)C(CC(C)C(F)(F)F)n1cc(OC)c(-c2cc(Cl)ccc2C#N)cc1=O. The van der Waals surface area contributed by atoms with Gasteiger partial charge in [0.2, 0.25) is 0 Å². The number of carbonyl (C=O) groups excluding carboxylic acids is 1. The maximum absolute atomic E-state index is 13.2. The third-order valence-electron chi connectivity index (χ3n) is 5.14. The Balaban J connectivity index is 2.60. The van der Waals surface area contributed by atoms with E-state index < -0.39 is 36.1 Å². The zero-order valence-corrected chi connectivity index (χ0v) is 19.2. The Kier molecular flexibility index (Phi) is 8.94. The minimum atomic E-state index is -4.56. The van der Waals surface area contributed by atoms with Gasteiger partial charge in [-0.3, -0.25) is 9.36 Å². The Morgan fingerprint density at radius 3 is 2.55 bits per heavy atom. The van der Waals surface area contributed by atoms with Gasteiger partial charge in [0.25, 0.3) is 5.56 Å². The number of unbranched alkanes of at least 4 members (excludes halogenated alkanes) is 1. The lowest BCUT2D eigenvalue weighted by Crippen LogP contribution is -2.34. The fourth-order valence-electron chi connectivity index (χ4n) is 3.19. The number of nitrogens with zero attached hydrogens (tertiary/aromatic N) is 2. The summed E-state index contributed by atoms with van der Waals surface area (Å²) in [5, 5.41) is 9.72. The van der Waals surface area contributed by atoms with Crippen LogP contribution in [-0.2, 0) is 9.53 Å². The molecule has 10 heteroatoms. The zero-order valence-electron chi connectivity index (χ0n) is 18.4. The molecule has 0 aliphatic rings. The van der Waals surface area contributed by atoms with E-state index in [1.807, 2.05) is 13.0 Å². The first kappa shape index (κ1) is 26.3. The summed E-state index contributed by atoms with van der Waals surface area (Å²) in [6.45, 7) is 2.84. The van der Waals surface area contributed by atoms with Crippen LogP contribution in [-0.4, -0.2) is 30.4 Å². The molecule has 0 spiro atoms. The number of hydrogen-bond donors (Lipinski definition) is 0. The summed E-state index contributed by atoms with van der Waals surface area (Å²) in [7, 11) is 1.30. The molecule has 33 heavy (non-hydrogen) atoms. The lowest BCUT2D eigenvalue weighted by Gasteiger charge is -2.24. The molecule has 1 aromatic carbocycles. The minimum absolute atomic E-state index is 0.0320. The highest BCUT2D eigenvalue weighted by Gasteiger charge is 2.40. The van der Waals surface area contributed by atoms with Crippen molar-refractivity contribution >= 4 is 17.6 Å². The van der Waals surface area contributed by atoms with Crippen molar-refractivity contribution in [3.63, 3.8) is 0 Å². The lowest BCUT2D eigenvalue weighted by atomic mass is 9.98. The highest BCUT2D eigenvalue weighted by atomic mass is 35.5. The minimum Gasteiger partial charge on any atom is -0.495 e. The average Bonchev–Trinajstić information content (AvgIpc) is 2.76. The number of carbonyl (C=O) groups is 1. The molecule has 0 amide bonds. The van der Waals surface area contributed by atoms with Gasteiger partial charge in [-0.25, -0.2) is 4.79 Å². The van der Waals surface area contributed by atoms with E-state index in [4.69, 9.17) is 21.1 Å². The van der Waals surface area contributed by atoms with Gasteiger partial charge in [0.1, 0.15) is 11.8 Å². The second-order valence-corrected chi connectivity index (χ2v) is 7.95. The fourth-order valence-corrected chi connectivity index (χ4v) is 3.36. The van der Waals surface area contributed by atoms with Crippen molar-refractivity contribution in [1.29, 1.82) is 5.26 Å². The fraction of sp³-hybridized carbons (Fsp3) is 0.435. The molecule has 0 bridgehead atoms. The Labute approximate surface area is 194 Å². The topological polar surface area (TPSA) is 81.3 Å². The number of rotatable bonds is 9. The maximum Gasteiger partial charge on any atom is 0.391 e. The number of esters is 1. The number of benzene rings is 1. The van der Waals surface area contributed by atoms with Gasteiger partial charge < -0.3 is 9.47 Å². The molecule has 0 aliphatic carbocycles. The van der Waals surface area contributed by atoms with Crippen LogP contribution in [0, 0.1) is 17.2 Å². The number of alkyl halides is 3. The van der Waals surface area contributed by atoms with E-state index in [2.05, 4.69) is 0 Å². The molecule has 0 aliphatic heterocycles. The van der Waals surface area contributed by atoms with Crippen molar-refractivity contribution in [2.24, 2.45) is 5.92 Å². The van der Waals surface area contributed by atoms with Crippen LogP contribution in [0.5, 0.6) is 5.75 Å². The Bertz CT molecular complexity index is 1090. The number of pyridine rings is 1. The summed E-state index contributed by atoms with van der Waals surface area (Å²) in [6.07, 6.45) is -2.82. The van der Waals surface area contributed by atoms with E-state index in [1.165, 1.54) is 25.3 Å². The second-order valence-electron chi connectivity index (χ2n) is 7.52. The summed E-state index contributed by atoms with van der Waals surface area (Å²) in [5.74, 6) is -2.71. The predicted molar refractivity (Wildman–Crippen MR) is 117 cm³/mol. The first-order valence-corrected chi connectivity index (χ1v) is 10.6. The predicted octanol–water partition coefficient (Wildman–Crippen LogP) is 5.52. The van der Waals surface area contributed by atoms with Crippen molar-refractivity contribution in [3.8, 4) is 22.9 Å². The summed E-state index contributed by atoms with van der Waals surface area (Å²) < 4.78 is 51.1. The van der Waals surface area contributed by atoms with Gasteiger partial charge in [-0.15, -0.1) is 0 Å². The third kappa shape index (κ3) is 6.51. The van der Waals surface area contributed by atoms with E-state index in [0.717, 1.165) is 30.2 Å². The van der Waals surface area contributed by atoms with Crippen molar-refractivity contribution in [3.05, 3.63) is 51.4 Å². The molecule has 6 nitrogen and oxygen atoms in total. The van der Waals surface area contributed by atoms with E-state index >= 15 is 0 Å². The van der Waals surface area contributed by atoms with E-state index in [0.29, 0.717) is 17.0 Å². The number of methoxy groups -OCH3 is 1. The molecule has 0 fully saturated rings. The van der Waals surface area contributed by atoms with Gasteiger partial charge in [0.15, 0.2) is 0 Å². The monoisotopic (exact) mass is 484 g/mol. The smallest absolute Gasteiger partial charge is 0.391 e. The van der Waals surface area contributed by atoms with Crippen molar-refractivity contribution in [2.75, 3.05) is 13.7 Å². The van der Waals surface area contributed by atoms with Gasteiger partial charge >= 0.3 is 12.1 Å². The molecule has 0 radical (unpaired) electrons. The average molecular weight is 485 g/mol. The highest BCUT2D eigenvalue weighted by molar-refractivity contribution is 6.31. The van der Waals surface area contributed by atoms with Gasteiger partial charge in [-0.1, -0.05) is 31.9 Å². The first-order chi connectivity index (χ1) is 15.5. The van der Waals surface area contributed by atoms with Gasteiger partial charge in [0, 0.05) is 22.2 Å². The molecular formula is C23H24ClF3N2O4. The number of hydrogen-bond acceptors (Lipinski definition) is 5. The van der Waals surface area contributed by atoms with Crippen LogP contribution in [0.15, 0.2) is 35.3 Å². The molecule has 2 aromatic rings. The highest BCUT2D eigenvalue weighted by Crippen LogP contribution is 2.36. The quantitative estimate of drug-likeness (QED) is 0.345. The standard InChI is InChI=1S/C23H24ClF3N2O4/c1-4-5-8-33-22(31)19(9-14(2)23(25,26)27)29-13-20(32-3)18(11-21(29)30)17-10-16(24)7-6-15(17)12-28/h6-7,10-11,13-14,19H,4-5,8-9H2,1-3H3. The number of ether oxygens (including phenoxy) is 2. The molecule has 2 atom stereocenters. The molecule has 1 heterocycles. The molecule has 2 unspecified atom stereocenters. The van der Waals surface area contributed by atoms with Crippen LogP contribution in [0.2, 0.25) is 5.02 Å². The summed E-state index contributed by atoms with van der Waals surface area (Å²) >= 11 is 6.04. The van der Waals surface area contributed by atoms with Crippen molar-refractivity contribution < 1.29 is 27.4 Å². The van der Waals surface area contributed by atoms with E-state index in [9.17, 15) is 28.0 Å². The lowest BCUT2D eigenvalue weighted by molar-refractivity contribution is -0.176. The van der Waals surface area contributed by atoms with Crippen LogP contribution in [0.25, 0.3) is 11.1 Å². The van der Waals surface area contributed by atoms with Crippen molar-refractivity contribution in [1.82, 2.24) is 4.57 Å². The summed E-state index contributed by atoms with van der Waals surface area (Å²) in [4.78, 5) is 25.7. The zero-order chi connectivity index (χ0) is 24.8. The molecular weight excluding hydrogens is 461 g/mol. The van der Waals surface area contributed by atoms with Gasteiger partial charge in [0.05, 0.1) is 37.5 Å². The van der Waals surface area contributed by atoms with E-state index in [-0.39, 0.29) is 23.5 Å². The second kappa shape index (κ2) is 11.2. The van der Waals surface area contributed by atoms with Crippen LogP contribution in [0.3, 0.4) is 0 Å². The normalized spacial score (nSPS) is 13.2. The Hall–Kier alpha value is -2.99. The molecule has 1 aromatic heterocycles. The summed E-state index contributed by atoms with van der Waals surface area (Å²) in [5.41, 5.74) is 0.00847. The Morgan fingerprint density at radius 2 is 1.97 bits per heavy atom. The van der Waals surface area contributed by atoms with E-state index in [1.54, 1.807) is 0 Å². The first-order valence-electron chi connectivity index (χ1n) is 10.3. The number of nitriles is 1. The molecule has 0 saturated carbocycles. The van der Waals surface area contributed by atoms with Crippen LogP contribution >= 0.6 is 11.6 Å². The third-order valence-corrected chi connectivity index (χ3v) is 5.38. The molecule has 2 rings (SSSR count). The van der Waals surface area contributed by atoms with Crippen LogP contribution in [0.1, 0.15) is 44.7 Å². The van der Waals surface area contributed by atoms with Crippen LogP contribution in [0.4, 0.5) is 13.2 Å². The maximum atomic E-state index is 13.2. The molecule has 0 saturated heterocycles.